The van der Waals surface area contributed by atoms with Crippen molar-refractivity contribution < 1.29 is 0 Å². The molecule has 72 valence electrons. The maximum absolute atomic E-state index is 5.65. The fourth-order valence-corrected chi connectivity index (χ4v) is 1.05. The van der Waals surface area contributed by atoms with Crippen LogP contribution in [0.25, 0.3) is 0 Å². The summed E-state index contributed by atoms with van der Waals surface area (Å²) in [5.74, 6) is 1.25. The Hall–Kier alpha value is -2.11. The zero-order chi connectivity index (χ0) is 9.97. The number of H-pyrrole nitrogens is 1. The summed E-state index contributed by atoms with van der Waals surface area (Å²) in [6, 6.07) is 1.86. The number of aromatic nitrogens is 4. The van der Waals surface area contributed by atoms with Gasteiger partial charge in [0, 0.05) is 11.8 Å². The molecule has 0 aromatic carbocycles. The number of rotatable bonds is 2. The van der Waals surface area contributed by atoms with Gasteiger partial charge >= 0.3 is 0 Å². The van der Waals surface area contributed by atoms with E-state index in [1.807, 2.05) is 13.0 Å². The first kappa shape index (κ1) is 8.49. The lowest BCUT2D eigenvalue weighted by molar-refractivity contribution is 1.05. The first-order chi connectivity index (χ1) is 6.75. The van der Waals surface area contributed by atoms with Crippen LogP contribution in [-0.2, 0) is 0 Å². The van der Waals surface area contributed by atoms with E-state index in [2.05, 4.69) is 25.5 Å². The third kappa shape index (κ3) is 1.63. The SMILES string of the molecule is Cc1cc(Nc2ncncc2N)n[nH]1. The first-order valence-electron chi connectivity index (χ1n) is 4.10. The average Bonchev–Trinajstić information content (AvgIpc) is 2.56. The van der Waals surface area contributed by atoms with E-state index >= 15 is 0 Å². The van der Waals surface area contributed by atoms with Crippen molar-refractivity contribution in [3.8, 4) is 0 Å². The van der Waals surface area contributed by atoms with Crippen LogP contribution in [0.1, 0.15) is 5.69 Å². The molecule has 0 fully saturated rings. The molecule has 0 saturated heterocycles. The monoisotopic (exact) mass is 190 g/mol. The summed E-state index contributed by atoms with van der Waals surface area (Å²) in [6.45, 7) is 1.92. The Kier molecular flexibility index (Phi) is 2.02. The molecule has 14 heavy (non-hydrogen) atoms. The van der Waals surface area contributed by atoms with Crippen molar-refractivity contribution in [2.45, 2.75) is 6.92 Å². The molecule has 0 spiro atoms. The topological polar surface area (TPSA) is 92.5 Å². The molecule has 0 aliphatic rings. The summed E-state index contributed by atoms with van der Waals surface area (Å²) in [5.41, 5.74) is 7.12. The van der Waals surface area contributed by atoms with E-state index in [1.54, 1.807) is 0 Å². The summed E-state index contributed by atoms with van der Waals surface area (Å²) in [5, 5.41) is 9.79. The second-order valence-corrected chi connectivity index (χ2v) is 2.89. The largest absolute Gasteiger partial charge is 0.394 e. The molecule has 0 radical (unpaired) electrons. The number of aryl methyl sites for hydroxylation is 1. The van der Waals surface area contributed by atoms with Crippen molar-refractivity contribution in [1.29, 1.82) is 0 Å². The van der Waals surface area contributed by atoms with E-state index in [-0.39, 0.29) is 0 Å². The highest BCUT2D eigenvalue weighted by molar-refractivity contribution is 5.65. The minimum atomic E-state index is 0.494. The van der Waals surface area contributed by atoms with Crippen LogP contribution in [0.3, 0.4) is 0 Å². The van der Waals surface area contributed by atoms with Crippen LogP contribution in [0.2, 0.25) is 0 Å². The van der Waals surface area contributed by atoms with Gasteiger partial charge in [0.15, 0.2) is 11.6 Å². The van der Waals surface area contributed by atoms with E-state index < -0.39 is 0 Å². The number of hydrogen-bond acceptors (Lipinski definition) is 5. The van der Waals surface area contributed by atoms with Crippen LogP contribution in [-0.4, -0.2) is 20.2 Å². The zero-order valence-corrected chi connectivity index (χ0v) is 7.65. The predicted octanol–water partition coefficient (Wildman–Crippen LogP) is 0.834. The summed E-state index contributed by atoms with van der Waals surface area (Å²) in [7, 11) is 0. The van der Waals surface area contributed by atoms with Gasteiger partial charge in [0.2, 0.25) is 0 Å². The van der Waals surface area contributed by atoms with Crippen LogP contribution >= 0.6 is 0 Å². The summed E-state index contributed by atoms with van der Waals surface area (Å²) >= 11 is 0. The second-order valence-electron chi connectivity index (χ2n) is 2.89. The lowest BCUT2D eigenvalue weighted by Gasteiger charge is -2.02. The van der Waals surface area contributed by atoms with Gasteiger partial charge in [-0.05, 0) is 6.92 Å². The molecule has 4 N–H and O–H groups in total. The van der Waals surface area contributed by atoms with E-state index in [0.29, 0.717) is 17.3 Å². The number of hydrogen-bond donors (Lipinski definition) is 3. The van der Waals surface area contributed by atoms with Gasteiger partial charge in [-0.1, -0.05) is 0 Å². The molecule has 0 bridgehead atoms. The summed E-state index contributed by atoms with van der Waals surface area (Å²) in [6.07, 6.45) is 2.97. The Morgan fingerprint density at radius 3 is 3.00 bits per heavy atom. The van der Waals surface area contributed by atoms with Crippen molar-refractivity contribution in [2.75, 3.05) is 11.1 Å². The molecule has 2 aromatic heterocycles. The smallest absolute Gasteiger partial charge is 0.158 e. The Morgan fingerprint density at radius 1 is 1.50 bits per heavy atom. The van der Waals surface area contributed by atoms with Gasteiger partial charge in [0.05, 0.1) is 11.9 Å². The molecule has 2 heterocycles. The number of nitrogens with two attached hydrogens (primary N) is 1. The molecule has 0 aliphatic heterocycles. The Morgan fingerprint density at radius 2 is 2.36 bits per heavy atom. The number of aromatic amines is 1. The summed E-state index contributed by atoms with van der Waals surface area (Å²) in [4.78, 5) is 7.77. The molecule has 0 atom stereocenters. The zero-order valence-electron chi connectivity index (χ0n) is 7.65. The first-order valence-corrected chi connectivity index (χ1v) is 4.10. The Bertz CT molecular complexity index is 435. The molecule has 0 amide bonds. The van der Waals surface area contributed by atoms with Crippen molar-refractivity contribution >= 4 is 17.3 Å². The molecule has 0 aliphatic carbocycles. The maximum atomic E-state index is 5.65. The Labute approximate surface area is 80.6 Å². The van der Waals surface area contributed by atoms with Crippen LogP contribution in [0.4, 0.5) is 17.3 Å². The van der Waals surface area contributed by atoms with Gasteiger partial charge in [-0.15, -0.1) is 0 Å². The minimum Gasteiger partial charge on any atom is -0.394 e. The highest BCUT2D eigenvalue weighted by Crippen LogP contribution is 2.17. The number of nitrogen functional groups attached to an aromatic ring is 1. The quantitative estimate of drug-likeness (QED) is 0.652. The van der Waals surface area contributed by atoms with Crippen molar-refractivity contribution in [1.82, 2.24) is 20.2 Å². The normalized spacial score (nSPS) is 10.1. The number of anilines is 3. The molecule has 6 heteroatoms. The van der Waals surface area contributed by atoms with Gasteiger partial charge in [-0.3, -0.25) is 5.10 Å². The number of nitrogens with one attached hydrogen (secondary N) is 2. The van der Waals surface area contributed by atoms with Crippen LogP contribution < -0.4 is 11.1 Å². The van der Waals surface area contributed by atoms with Gasteiger partial charge in [0.25, 0.3) is 0 Å². The van der Waals surface area contributed by atoms with E-state index in [9.17, 15) is 0 Å². The third-order valence-electron chi connectivity index (χ3n) is 1.69. The van der Waals surface area contributed by atoms with Crippen molar-refractivity contribution in [3.05, 3.63) is 24.3 Å². The van der Waals surface area contributed by atoms with Gasteiger partial charge in [0.1, 0.15) is 6.33 Å². The van der Waals surface area contributed by atoms with E-state index in [1.165, 1.54) is 12.5 Å². The fourth-order valence-electron chi connectivity index (χ4n) is 1.05. The van der Waals surface area contributed by atoms with Crippen molar-refractivity contribution in [3.63, 3.8) is 0 Å². The highest BCUT2D eigenvalue weighted by atomic mass is 15.2. The lowest BCUT2D eigenvalue weighted by atomic mass is 10.4. The van der Waals surface area contributed by atoms with Gasteiger partial charge < -0.3 is 11.1 Å². The average molecular weight is 190 g/mol. The summed E-state index contributed by atoms with van der Waals surface area (Å²) < 4.78 is 0. The standard InChI is InChI=1S/C8H10N6/c1-5-2-7(14-13-5)12-8-6(9)3-10-4-11-8/h2-4H,9H2,1H3,(H2,10,11,12,13,14). The third-order valence-corrected chi connectivity index (χ3v) is 1.69. The maximum Gasteiger partial charge on any atom is 0.158 e. The van der Waals surface area contributed by atoms with Gasteiger partial charge in [-0.25, -0.2) is 9.97 Å². The van der Waals surface area contributed by atoms with Gasteiger partial charge in [-0.2, -0.15) is 5.10 Å². The van der Waals surface area contributed by atoms with Crippen LogP contribution in [0.5, 0.6) is 0 Å². The van der Waals surface area contributed by atoms with E-state index in [4.69, 9.17) is 5.73 Å². The lowest BCUT2D eigenvalue weighted by Crippen LogP contribution is -1.99. The van der Waals surface area contributed by atoms with Crippen LogP contribution in [0, 0.1) is 6.92 Å². The molecule has 0 saturated carbocycles. The molecule has 2 aromatic rings. The predicted molar refractivity (Wildman–Crippen MR) is 53.1 cm³/mol. The highest BCUT2D eigenvalue weighted by Gasteiger charge is 2.02. The number of nitrogens with zero attached hydrogens (tertiary/aromatic N) is 3. The fraction of sp³-hybridized carbons (Fsp3) is 0.125. The Balaban J connectivity index is 2.23. The molecule has 0 unspecified atom stereocenters. The minimum absolute atomic E-state index is 0.494. The molecular weight excluding hydrogens is 180 g/mol. The second kappa shape index (κ2) is 3.33. The van der Waals surface area contributed by atoms with E-state index in [0.717, 1.165) is 5.69 Å². The molecule has 2 rings (SSSR count). The molecular formula is C8H10N6. The van der Waals surface area contributed by atoms with Crippen molar-refractivity contribution in [2.24, 2.45) is 0 Å². The molecule has 6 nitrogen and oxygen atoms in total. The van der Waals surface area contributed by atoms with Crippen LogP contribution in [0.15, 0.2) is 18.6 Å².